The largest absolute Gasteiger partial charge is 0.461 e. The van der Waals surface area contributed by atoms with Gasteiger partial charge in [-0.2, -0.15) is 0 Å². The van der Waals surface area contributed by atoms with Crippen LogP contribution in [0.15, 0.2) is 22.6 Å². The summed E-state index contributed by atoms with van der Waals surface area (Å²) in [6.07, 6.45) is 9.39. The molecule has 1 amide bonds. The first kappa shape index (κ1) is 15.4. The van der Waals surface area contributed by atoms with E-state index in [-0.39, 0.29) is 5.91 Å². The van der Waals surface area contributed by atoms with E-state index in [1.54, 1.807) is 12.2 Å². The molecule has 0 bridgehead atoms. The normalized spacial score (nSPS) is 31.4. The Bertz CT molecular complexity index is 552. The summed E-state index contributed by atoms with van der Waals surface area (Å²) in [4.78, 5) is 14.2. The van der Waals surface area contributed by atoms with Gasteiger partial charge in [-0.3, -0.25) is 4.79 Å². The van der Waals surface area contributed by atoms with Gasteiger partial charge in [-0.05, 0) is 62.1 Å². The molecule has 0 radical (unpaired) electrons. The minimum absolute atomic E-state index is 0.0808. The van der Waals surface area contributed by atoms with Crippen molar-refractivity contribution < 1.29 is 9.21 Å². The van der Waals surface area contributed by atoms with Gasteiger partial charge >= 0.3 is 0 Å². The molecule has 2 aliphatic rings. The highest BCUT2D eigenvalue weighted by molar-refractivity contribution is 5.91. The van der Waals surface area contributed by atoms with E-state index in [1.807, 2.05) is 24.1 Å². The van der Waals surface area contributed by atoms with Crippen molar-refractivity contribution in [1.82, 2.24) is 4.90 Å². The highest BCUT2D eigenvalue weighted by atomic mass is 16.3. The van der Waals surface area contributed by atoms with E-state index < -0.39 is 0 Å². The Hall–Kier alpha value is -1.51. The van der Waals surface area contributed by atoms with Crippen LogP contribution in [-0.2, 0) is 4.79 Å². The topological polar surface area (TPSA) is 33.5 Å². The predicted molar refractivity (Wildman–Crippen MR) is 88.5 cm³/mol. The third-order valence-electron chi connectivity index (χ3n) is 5.39. The number of amides is 1. The first-order chi connectivity index (χ1) is 10.5. The van der Waals surface area contributed by atoms with Gasteiger partial charge in [0.1, 0.15) is 11.5 Å². The molecule has 2 atom stereocenters. The van der Waals surface area contributed by atoms with E-state index in [2.05, 4.69) is 13.8 Å². The molecule has 3 heteroatoms. The lowest BCUT2D eigenvalue weighted by Gasteiger charge is -2.33. The summed E-state index contributed by atoms with van der Waals surface area (Å²) in [5.41, 5.74) is 0. The summed E-state index contributed by atoms with van der Waals surface area (Å²) in [7, 11) is 1.92. The molecule has 0 N–H and O–H groups in total. The zero-order valence-electron chi connectivity index (χ0n) is 13.9. The summed E-state index contributed by atoms with van der Waals surface area (Å²) < 4.78 is 5.81. The molecule has 3 rings (SSSR count). The fraction of sp³-hybridized carbons (Fsp3) is 0.632. The standard InChI is InChI=1S/C19H27NO2/c1-13-4-6-15(7-5-13)20(3)19(21)11-9-16-8-10-18(22-16)17-12-14(17)2/h8-11,13-15,17H,4-7,12H2,1-3H3/b11-9+. The van der Waals surface area contributed by atoms with Crippen LogP contribution in [0.2, 0.25) is 0 Å². The molecule has 22 heavy (non-hydrogen) atoms. The van der Waals surface area contributed by atoms with Gasteiger partial charge in [0, 0.05) is 25.1 Å². The van der Waals surface area contributed by atoms with Crippen LogP contribution < -0.4 is 0 Å². The molecule has 3 nitrogen and oxygen atoms in total. The van der Waals surface area contributed by atoms with Gasteiger partial charge in [0.2, 0.25) is 5.91 Å². The molecule has 120 valence electrons. The van der Waals surface area contributed by atoms with Gasteiger partial charge in [-0.15, -0.1) is 0 Å². The second-order valence-electron chi connectivity index (χ2n) is 7.26. The number of likely N-dealkylation sites (N-methyl/N-ethyl adjacent to an activating group) is 1. The minimum atomic E-state index is 0.0808. The molecule has 1 aromatic heterocycles. The van der Waals surface area contributed by atoms with Crippen molar-refractivity contribution in [3.8, 4) is 0 Å². The Balaban J connectivity index is 1.55. The Morgan fingerprint density at radius 2 is 1.91 bits per heavy atom. The third-order valence-corrected chi connectivity index (χ3v) is 5.39. The number of furan rings is 1. The minimum Gasteiger partial charge on any atom is -0.461 e. The van der Waals surface area contributed by atoms with Crippen molar-refractivity contribution in [2.24, 2.45) is 11.8 Å². The molecule has 1 heterocycles. The first-order valence-corrected chi connectivity index (χ1v) is 8.59. The highest BCUT2D eigenvalue weighted by Gasteiger charge is 2.36. The van der Waals surface area contributed by atoms with Crippen LogP contribution in [0.4, 0.5) is 0 Å². The van der Waals surface area contributed by atoms with Gasteiger partial charge in [0.05, 0.1) is 0 Å². The zero-order chi connectivity index (χ0) is 15.7. The fourth-order valence-corrected chi connectivity index (χ4v) is 3.46. The highest BCUT2D eigenvalue weighted by Crippen LogP contribution is 2.47. The molecule has 0 aliphatic heterocycles. The SMILES string of the molecule is CC1CCC(N(C)C(=O)/C=C/c2ccc(C3CC3C)o2)CC1. The summed E-state index contributed by atoms with van der Waals surface area (Å²) in [5, 5.41) is 0. The second-order valence-corrected chi connectivity index (χ2v) is 7.26. The van der Waals surface area contributed by atoms with Crippen molar-refractivity contribution in [1.29, 1.82) is 0 Å². The Labute approximate surface area is 133 Å². The van der Waals surface area contributed by atoms with E-state index in [4.69, 9.17) is 4.42 Å². The molecule has 2 saturated carbocycles. The molecular weight excluding hydrogens is 274 g/mol. The van der Waals surface area contributed by atoms with Gasteiger partial charge in [-0.25, -0.2) is 0 Å². The Morgan fingerprint density at radius 1 is 1.23 bits per heavy atom. The monoisotopic (exact) mass is 301 g/mol. The first-order valence-electron chi connectivity index (χ1n) is 8.59. The Kier molecular flexibility index (Phi) is 4.42. The maximum Gasteiger partial charge on any atom is 0.246 e. The van der Waals surface area contributed by atoms with Crippen LogP contribution in [0.1, 0.15) is 63.4 Å². The van der Waals surface area contributed by atoms with E-state index in [9.17, 15) is 4.79 Å². The molecule has 0 spiro atoms. The number of carbonyl (C=O) groups excluding carboxylic acids is 1. The van der Waals surface area contributed by atoms with Crippen molar-refractivity contribution in [2.45, 2.75) is 57.9 Å². The maximum atomic E-state index is 12.3. The van der Waals surface area contributed by atoms with Crippen LogP contribution in [0.5, 0.6) is 0 Å². The van der Waals surface area contributed by atoms with Crippen LogP contribution in [0.25, 0.3) is 6.08 Å². The van der Waals surface area contributed by atoms with Gasteiger partial charge in [0.25, 0.3) is 0 Å². The lowest BCUT2D eigenvalue weighted by molar-refractivity contribution is -0.127. The third kappa shape index (κ3) is 3.45. The number of carbonyl (C=O) groups is 1. The van der Waals surface area contributed by atoms with E-state index >= 15 is 0 Å². The molecule has 2 fully saturated rings. The maximum absolute atomic E-state index is 12.3. The van der Waals surface area contributed by atoms with E-state index in [0.29, 0.717) is 12.0 Å². The predicted octanol–water partition coefficient (Wildman–Crippen LogP) is 4.45. The van der Waals surface area contributed by atoms with Gasteiger partial charge < -0.3 is 9.32 Å². The van der Waals surface area contributed by atoms with Gasteiger partial charge in [0.15, 0.2) is 0 Å². The lowest BCUT2D eigenvalue weighted by Crippen LogP contribution is -2.38. The van der Waals surface area contributed by atoms with Crippen molar-refractivity contribution in [2.75, 3.05) is 7.05 Å². The van der Waals surface area contributed by atoms with Crippen LogP contribution in [0, 0.1) is 11.8 Å². The second kappa shape index (κ2) is 6.31. The van der Waals surface area contributed by atoms with Crippen LogP contribution in [-0.4, -0.2) is 23.9 Å². The van der Waals surface area contributed by atoms with Crippen molar-refractivity contribution in [3.05, 3.63) is 29.7 Å². The number of nitrogens with zero attached hydrogens (tertiary/aromatic N) is 1. The lowest BCUT2D eigenvalue weighted by atomic mass is 9.87. The van der Waals surface area contributed by atoms with Crippen LogP contribution in [0.3, 0.4) is 0 Å². The zero-order valence-corrected chi connectivity index (χ0v) is 13.9. The van der Waals surface area contributed by atoms with Crippen molar-refractivity contribution >= 4 is 12.0 Å². The summed E-state index contributed by atoms with van der Waals surface area (Å²) in [6, 6.07) is 4.41. The molecule has 0 saturated heterocycles. The summed E-state index contributed by atoms with van der Waals surface area (Å²) in [6.45, 7) is 4.54. The molecular formula is C19H27NO2. The number of hydrogen-bond donors (Lipinski definition) is 0. The fourth-order valence-electron chi connectivity index (χ4n) is 3.46. The molecule has 2 aliphatic carbocycles. The molecule has 2 unspecified atom stereocenters. The Morgan fingerprint density at radius 3 is 2.55 bits per heavy atom. The summed E-state index contributed by atoms with van der Waals surface area (Å²) >= 11 is 0. The van der Waals surface area contributed by atoms with Crippen LogP contribution >= 0.6 is 0 Å². The average molecular weight is 301 g/mol. The number of rotatable bonds is 4. The smallest absolute Gasteiger partial charge is 0.246 e. The quantitative estimate of drug-likeness (QED) is 0.770. The van der Waals surface area contributed by atoms with E-state index in [1.165, 1.54) is 19.3 Å². The van der Waals surface area contributed by atoms with E-state index in [0.717, 1.165) is 36.2 Å². The molecule has 0 aromatic carbocycles. The van der Waals surface area contributed by atoms with Gasteiger partial charge in [-0.1, -0.05) is 13.8 Å². The molecule has 1 aromatic rings. The summed E-state index contributed by atoms with van der Waals surface area (Å²) in [5.74, 6) is 4.07. The van der Waals surface area contributed by atoms with Crippen molar-refractivity contribution in [3.63, 3.8) is 0 Å². The average Bonchev–Trinajstić information content (AvgIpc) is 3.06. The number of hydrogen-bond acceptors (Lipinski definition) is 2.